The van der Waals surface area contributed by atoms with Crippen LogP contribution >= 0.6 is 11.3 Å². The average Bonchev–Trinajstić information content (AvgIpc) is 2.88. The van der Waals surface area contributed by atoms with E-state index in [9.17, 15) is 14.7 Å². The first-order valence-corrected chi connectivity index (χ1v) is 7.45. The molecule has 0 saturated carbocycles. The maximum absolute atomic E-state index is 12.3. The average molecular weight is 297 g/mol. The molecule has 7 heteroatoms. The normalized spacial score (nSPS) is 19.6. The summed E-state index contributed by atoms with van der Waals surface area (Å²) in [5, 5.41) is 11.6. The van der Waals surface area contributed by atoms with Crippen molar-refractivity contribution in [1.82, 2.24) is 9.88 Å². The van der Waals surface area contributed by atoms with Crippen molar-refractivity contribution in [1.29, 1.82) is 0 Å². The number of likely N-dealkylation sites (tertiary alicyclic amines) is 1. The van der Waals surface area contributed by atoms with Gasteiger partial charge < -0.3 is 15.7 Å². The molecule has 110 valence electrons. The molecule has 1 unspecified atom stereocenters. The summed E-state index contributed by atoms with van der Waals surface area (Å²) in [5.74, 6) is -0.932. The van der Waals surface area contributed by atoms with Crippen molar-refractivity contribution in [3.05, 3.63) is 16.1 Å². The second-order valence-electron chi connectivity index (χ2n) is 5.52. The number of rotatable bonds is 3. The number of hydrogen-bond donors (Lipinski definition) is 2. The highest BCUT2D eigenvalue weighted by Gasteiger charge is 2.38. The Balaban J connectivity index is 2.03. The Morgan fingerprint density at radius 3 is 2.55 bits per heavy atom. The van der Waals surface area contributed by atoms with Crippen LogP contribution in [-0.2, 0) is 4.79 Å². The Labute approximate surface area is 121 Å². The first kappa shape index (κ1) is 14.9. The smallest absolute Gasteiger partial charge is 0.309 e. The highest BCUT2D eigenvalue weighted by Crippen LogP contribution is 2.31. The van der Waals surface area contributed by atoms with Crippen molar-refractivity contribution in [2.45, 2.75) is 32.7 Å². The van der Waals surface area contributed by atoms with Gasteiger partial charge >= 0.3 is 5.97 Å². The van der Waals surface area contributed by atoms with E-state index in [0.29, 0.717) is 31.6 Å². The van der Waals surface area contributed by atoms with E-state index in [1.165, 1.54) is 11.3 Å². The summed E-state index contributed by atoms with van der Waals surface area (Å²) >= 11 is 1.38. The van der Waals surface area contributed by atoms with E-state index >= 15 is 0 Å². The molecule has 1 aliphatic rings. The zero-order valence-electron chi connectivity index (χ0n) is 11.6. The summed E-state index contributed by atoms with van der Waals surface area (Å²) in [6, 6.07) is -0.182. The molecular formula is C13H19N3O3S. The van der Waals surface area contributed by atoms with E-state index in [0.717, 1.165) is 5.01 Å². The predicted octanol–water partition coefficient (Wildman–Crippen LogP) is 1.49. The van der Waals surface area contributed by atoms with Crippen LogP contribution in [0.25, 0.3) is 0 Å². The Morgan fingerprint density at radius 1 is 1.50 bits per heavy atom. The molecule has 1 aliphatic heterocycles. The van der Waals surface area contributed by atoms with Gasteiger partial charge in [0.2, 0.25) is 0 Å². The molecular weight excluding hydrogens is 278 g/mol. The predicted molar refractivity (Wildman–Crippen MR) is 75.6 cm³/mol. The number of aromatic nitrogens is 1. The van der Waals surface area contributed by atoms with Crippen LogP contribution in [0.1, 0.15) is 48.2 Å². The van der Waals surface area contributed by atoms with E-state index in [-0.39, 0.29) is 11.9 Å². The largest absolute Gasteiger partial charge is 0.481 e. The molecule has 1 fully saturated rings. The number of aliphatic carboxylic acids is 1. The lowest BCUT2D eigenvalue weighted by Crippen LogP contribution is -2.45. The molecule has 1 saturated heterocycles. The zero-order chi connectivity index (χ0) is 14.9. The van der Waals surface area contributed by atoms with Crippen molar-refractivity contribution in [3.63, 3.8) is 0 Å². The van der Waals surface area contributed by atoms with Gasteiger partial charge in [0.05, 0.1) is 11.5 Å². The van der Waals surface area contributed by atoms with Crippen LogP contribution in [0.2, 0.25) is 0 Å². The SMILES string of the molecule is CC(N)c1nc(C(=O)N2CCC(C)(C(=O)O)CC2)cs1. The molecule has 1 atom stereocenters. The molecule has 1 aromatic heterocycles. The van der Waals surface area contributed by atoms with Gasteiger partial charge in [-0.15, -0.1) is 11.3 Å². The van der Waals surface area contributed by atoms with Gasteiger partial charge in [-0.3, -0.25) is 9.59 Å². The van der Waals surface area contributed by atoms with Gasteiger partial charge in [-0.1, -0.05) is 0 Å². The molecule has 3 N–H and O–H groups in total. The Hall–Kier alpha value is -1.47. The molecule has 20 heavy (non-hydrogen) atoms. The van der Waals surface area contributed by atoms with Crippen molar-refractivity contribution in [3.8, 4) is 0 Å². The summed E-state index contributed by atoms with van der Waals surface area (Å²) < 4.78 is 0. The Kier molecular flexibility index (Phi) is 4.10. The van der Waals surface area contributed by atoms with Gasteiger partial charge in [-0.2, -0.15) is 0 Å². The summed E-state index contributed by atoms with van der Waals surface area (Å²) in [6.45, 7) is 4.46. The topological polar surface area (TPSA) is 96.5 Å². The molecule has 0 aliphatic carbocycles. The monoisotopic (exact) mass is 297 g/mol. The maximum Gasteiger partial charge on any atom is 0.309 e. The molecule has 2 rings (SSSR count). The van der Waals surface area contributed by atoms with Gasteiger partial charge in [-0.25, -0.2) is 4.98 Å². The lowest BCUT2D eigenvalue weighted by atomic mass is 9.80. The van der Waals surface area contributed by atoms with Gasteiger partial charge in [-0.05, 0) is 26.7 Å². The number of thiazole rings is 1. The summed E-state index contributed by atoms with van der Waals surface area (Å²) in [4.78, 5) is 29.4. The lowest BCUT2D eigenvalue weighted by Gasteiger charge is -2.36. The second-order valence-corrected chi connectivity index (χ2v) is 6.41. The molecule has 0 bridgehead atoms. The van der Waals surface area contributed by atoms with Crippen LogP contribution in [-0.4, -0.2) is 40.0 Å². The highest BCUT2D eigenvalue weighted by atomic mass is 32.1. The molecule has 1 aromatic rings. The van der Waals surface area contributed by atoms with E-state index in [1.807, 2.05) is 6.92 Å². The number of hydrogen-bond acceptors (Lipinski definition) is 5. The minimum atomic E-state index is -0.794. The number of nitrogens with zero attached hydrogens (tertiary/aromatic N) is 2. The number of carboxylic acids is 1. The van der Waals surface area contributed by atoms with Crippen molar-refractivity contribution < 1.29 is 14.7 Å². The quantitative estimate of drug-likeness (QED) is 0.881. The molecule has 1 amide bonds. The third kappa shape index (κ3) is 2.83. The van der Waals surface area contributed by atoms with Gasteiger partial charge in [0.25, 0.3) is 5.91 Å². The van der Waals surface area contributed by atoms with Gasteiger partial charge in [0, 0.05) is 18.5 Å². The molecule has 0 spiro atoms. The minimum Gasteiger partial charge on any atom is -0.481 e. The summed E-state index contributed by atoms with van der Waals surface area (Å²) in [7, 11) is 0. The van der Waals surface area contributed by atoms with E-state index in [4.69, 9.17) is 5.73 Å². The van der Waals surface area contributed by atoms with E-state index in [2.05, 4.69) is 4.98 Å². The molecule has 2 heterocycles. The number of amides is 1. The van der Waals surface area contributed by atoms with E-state index in [1.54, 1.807) is 17.2 Å². The van der Waals surface area contributed by atoms with Crippen LogP contribution in [0.5, 0.6) is 0 Å². The van der Waals surface area contributed by atoms with Crippen LogP contribution in [0.15, 0.2) is 5.38 Å². The third-order valence-corrected chi connectivity index (χ3v) is 4.85. The van der Waals surface area contributed by atoms with Crippen molar-refractivity contribution in [2.24, 2.45) is 11.1 Å². The van der Waals surface area contributed by atoms with Crippen LogP contribution < -0.4 is 5.73 Å². The number of nitrogens with two attached hydrogens (primary N) is 1. The fourth-order valence-electron chi connectivity index (χ4n) is 2.17. The second kappa shape index (κ2) is 5.49. The maximum atomic E-state index is 12.3. The number of carbonyl (C=O) groups is 2. The van der Waals surface area contributed by atoms with Crippen molar-refractivity contribution in [2.75, 3.05) is 13.1 Å². The zero-order valence-corrected chi connectivity index (χ0v) is 12.4. The molecule has 0 radical (unpaired) electrons. The van der Waals surface area contributed by atoms with Crippen molar-refractivity contribution >= 4 is 23.2 Å². The van der Waals surface area contributed by atoms with Gasteiger partial charge in [0.15, 0.2) is 0 Å². The summed E-state index contributed by atoms with van der Waals surface area (Å²) in [6.07, 6.45) is 0.941. The number of carbonyl (C=O) groups excluding carboxylic acids is 1. The first-order chi connectivity index (χ1) is 9.33. The summed E-state index contributed by atoms with van der Waals surface area (Å²) in [5.41, 5.74) is 5.41. The Bertz CT molecular complexity index is 519. The van der Waals surface area contributed by atoms with Crippen LogP contribution in [0, 0.1) is 5.41 Å². The lowest BCUT2D eigenvalue weighted by molar-refractivity contribution is -0.150. The number of piperidine rings is 1. The van der Waals surface area contributed by atoms with Crippen LogP contribution in [0.4, 0.5) is 0 Å². The standard InChI is InChI=1S/C13H19N3O3S/c1-8(14)10-15-9(7-20-10)11(17)16-5-3-13(2,4-6-16)12(18)19/h7-8H,3-6,14H2,1-2H3,(H,18,19). The first-order valence-electron chi connectivity index (χ1n) is 6.57. The van der Waals surface area contributed by atoms with Crippen LogP contribution in [0.3, 0.4) is 0 Å². The highest BCUT2D eigenvalue weighted by molar-refractivity contribution is 7.09. The molecule has 6 nitrogen and oxygen atoms in total. The fraction of sp³-hybridized carbons (Fsp3) is 0.615. The minimum absolute atomic E-state index is 0.138. The Morgan fingerprint density at radius 2 is 2.10 bits per heavy atom. The fourth-order valence-corrected chi connectivity index (χ4v) is 2.93. The van der Waals surface area contributed by atoms with Gasteiger partial charge in [0.1, 0.15) is 10.7 Å². The number of carboxylic acid groups (broad SMARTS) is 1. The third-order valence-electron chi connectivity index (χ3n) is 3.80. The van der Waals surface area contributed by atoms with E-state index < -0.39 is 11.4 Å². The molecule has 0 aromatic carbocycles.